The van der Waals surface area contributed by atoms with E-state index in [2.05, 4.69) is 0 Å². The third-order valence-corrected chi connectivity index (χ3v) is 7.21. The first-order valence-corrected chi connectivity index (χ1v) is 11.5. The van der Waals surface area contributed by atoms with E-state index in [1.807, 2.05) is 38.4 Å². The zero-order valence-corrected chi connectivity index (χ0v) is 19.1. The molecule has 5 aromatic rings. The average molecular weight is 477 g/mol. The first-order valence-electron chi connectivity index (χ1n) is 9.85. The van der Waals surface area contributed by atoms with E-state index in [-0.39, 0.29) is 22.5 Å². The minimum atomic E-state index is -0.521. The molecule has 0 atom stereocenters. The highest BCUT2D eigenvalue weighted by molar-refractivity contribution is 7.22. The monoisotopic (exact) mass is 476 g/mol. The molecule has 0 N–H and O–H groups in total. The van der Waals surface area contributed by atoms with Crippen molar-refractivity contribution in [2.24, 2.45) is 0 Å². The van der Waals surface area contributed by atoms with E-state index in [0.29, 0.717) is 19.9 Å². The van der Waals surface area contributed by atoms with Crippen molar-refractivity contribution < 1.29 is 9.72 Å². The molecule has 164 valence electrons. The highest BCUT2D eigenvalue weighted by Gasteiger charge is 2.24. The van der Waals surface area contributed by atoms with E-state index in [4.69, 9.17) is 4.98 Å². The summed E-state index contributed by atoms with van der Waals surface area (Å²) < 4.78 is 2.93. The summed E-state index contributed by atoms with van der Waals surface area (Å²) in [6.45, 7) is 0. The molecule has 0 aliphatic rings. The molecule has 0 amide bonds. The van der Waals surface area contributed by atoms with Crippen LogP contribution in [0.25, 0.3) is 31.8 Å². The molecule has 3 heterocycles. The summed E-state index contributed by atoms with van der Waals surface area (Å²) in [7, 11) is 3.65. The number of nitro groups is 1. The highest BCUT2D eigenvalue weighted by atomic mass is 32.1. The fourth-order valence-electron chi connectivity index (χ4n) is 3.56. The number of carbonyl (C=O) groups excluding carboxylic acids is 1. The molecule has 3 aromatic heterocycles. The Morgan fingerprint density at radius 2 is 1.85 bits per heavy atom. The Bertz CT molecular complexity index is 1630. The van der Waals surface area contributed by atoms with Crippen LogP contribution in [0.1, 0.15) is 16.1 Å². The third kappa shape index (κ3) is 3.59. The number of fused-ring (bicyclic) bond motifs is 2. The van der Waals surface area contributed by atoms with Crippen LogP contribution >= 0.6 is 22.7 Å². The molecule has 0 unspecified atom stereocenters. The molecule has 5 rings (SSSR count). The van der Waals surface area contributed by atoms with Crippen LogP contribution in [0.5, 0.6) is 0 Å². The Morgan fingerprint density at radius 1 is 1.12 bits per heavy atom. The number of aromatic nitrogens is 2. The standard InChI is InChI=1S/C23H16N4O4S2/c1-25(2)12-19-22(29)26-17(20(28)13-7-9-14(10-8-13)27(30)31)11-15(23(26)33-19)21-24-16-5-3-4-6-18(16)32-21/h3-12H,1-2H3/b19-12-. The SMILES string of the molecule is CN(C)/C=c1\sc2c(-c3nc4ccccc4s3)cc(C(=O)c3ccc([N+](=O)[O-])cc3)n2c1=O. The lowest BCUT2D eigenvalue weighted by Crippen LogP contribution is -2.27. The van der Waals surface area contributed by atoms with Crippen LogP contribution in [-0.4, -0.2) is 39.1 Å². The molecule has 0 fully saturated rings. The number of carbonyl (C=O) groups is 1. The zero-order valence-electron chi connectivity index (χ0n) is 17.5. The quantitative estimate of drug-likeness (QED) is 0.217. The van der Waals surface area contributed by atoms with Crippen LogP contribution in [0.15, 0.2) is 59.4 Å². The Morgan fingerprint density at radius 3 is 2.52 bits per heavy atom. The smallest absolute Gasteiger partial charge is 0.275 e. The van der Waals surface area contributed by atoms with Crippen LogP contribution < -0.4 is 10.1 Å². The molecule has 0 saturated carbocycles. The van der Waals surface area contributed by atoms with E-state index in [0.717, 1.165) is 10.2 Å². The fraction of sp³-hybridized carbons (Fsp3) is 0.0870. The largest absolute Gasteiger partial charge is 0.382 e. The predicted octanol–water partition coefficient (Wildman–Crippen LogP) is 3.80. The molecule has 2 aromatic carbocycles. The number of hydrogen-bond donors (Lipinski definition) is 0. The summed E-state index contributed by atoms with van der Waals surface area (Å²) in [5.74, 6) is -0.390. The molecular weight excluding hydrogens is 460 g/mol. The average Bonchev–Trinajstić information content (AvgIpc) is 3.46. The number of hydrogen-bond acceptors (Lipinski definition) is 8. The summed E-state index contributed by atoms with van der Waals surface area (Å²) >= 11 is 2.80. The van der Waals surface area contributed by atoms with Crippen LogP contribution in [0.3, 0.4) is 0 Å². The van der Waals surface area contributed by atoms with E-state index >= 15 is 0 Å². The number of thiazole rings is 2. The summed E-state index contributed by atoms with van der Waals surface area (Å²) in [5.41, 5.74) is 1.62. The molecule has 0 saturated heterocycles. The first-order chi connectivity index (χ1) is 15.8. The lowest BCUT2D eigenvalue weighted by molar-refractivity contribution is -0.384. The van der Waals surface area contributed by atoms with Gasteiger partial charge in [0, 0.05) is 43.6 Å². The third-order valence-electron chi connectivity index (χ3n) is 5.05. The fourth-order valence-corrected chi connectivity index (χ4v) is 5.80. The number of non-ortho nitro benzene ring substituents is 1. The van der Waals surface area contributed by atoms with Crippen LogP contribution in [0.2, 0.25) is 0 Å². The summed E-state index contributed by atoms with van der Waals surface area (Å²) in [6.07, 6.45) is 1.72. The van der Waals surface area contributed by atoms with Gasteiger partial charge in [-0.3, -0.25) is 24.1 Å². The summed E-state index contributed by atoms with van der Waals surface area (Å²) in [5, 5.41) is 11.7. The van der Waals surface area contributed by atoms with Gasteiger partial charge in [0.05, 0.1) is 20.8 Å². The zero-order chi connectivity index (χ0) is 23.3. The van der Waals surface area contributed by atoms with E-state index < -0.39 is 10.7 Å². The second kappa shape index (κ2) is 7.91. The van der Waals surface area contributed by atoms with Crippen LogP contribution in [0.4, 0.5) is 5.69 Å². The lowest BCUT2D eigenvalue weighted by Gasteiger charge is -2.01. The maximum atomic E-state index is 13.4. The maximum Gasteiger partial charge on any atom is 0.275 e. The van der Waals surface area contributed by atoms with Crippen molar-refractivity contribution in [3.05, 3.63) is 90.9 Å². The number of benzene rings is 2. The number of rotatable bonds is 5. The minimum Gasteiger partial charge on any atom is -0.382 e. The van der Waals surface area contributed by atoms with Crippen molar-refractivity contribution >= 4 is 55.4 Å². The van der Waals surface area contributed by atoms with Gasteiger partial charge < -0.3 is 4.90 Å². The molecule has 33 heavy (non-hydrogen) atoms. The van der Waals surface area contributed by atoms with E-state index in [1.54, 1.807) is 17.2 Å². The Balaban J connectivity index is 1.74. The minimum absolute atomic E-state index is 0.107. The molecule has 0 radical (unpaired) electrons. The number of ketones is 1. The van der Waals surface area contributed by atoms with Gasteiger partial charge in [-0.05, 0) is 30.3 Å². The molecular formula is C23H16N4O4S2. The summed E-state index contributed by atoms with van der Waals surface area (Å²) in [6, 6.07) is 14.8. The molecule has 10 heteroatoms. The Kier molecular flexibility index (Phi) is 5.03. The van der Waals surface area contributed by atoms with Gasteiger partial charge >= 0.3 is 0 Å². The van der Waals surface area contributed by atoms with Crippen molar-refractivity contribution in [1.29, 1.82) is 0 Å². The van der Waals surface area contributed by atoms with Gasteiger partial charge in [0.1, 0.15) is 14.4 Å². The Labute approximate surface area is 194 Å². The maximum absolute atomic E-state index is 13.4. The molecule has 0 spiro atoms. The highest BCUT2D eigenvalue weighted by Crippen LogP contribution is 2.35. The van der Waals surface area contributed by atoms with Crippen molar-refractivity contribution in [3.8, 4) is 10.6 Å². The number of nitro benzene ring substituents is 1. The normalized spacial score (nSPS) is 12.0. The van der Waals surface area contributed by atoms with Gasteiger partial charge in [0.25, 0.3) is 11.2 Å². The topological polar surface area (TPSA) is 97.8 Å². The molecule has 0 aliphatic heterocycles. The first kappa shape index (κ1) is 21.0. The van der Waals surface area contributed by atoms with Crippen LogP contribution in [-0.2, 0) is 0 Å². The second-order valence-electron chi connectivity index (χ2n) is 7.57. The predicted molar refractivity (Wildman–Crippen MR) is 130 cm³/mol. The number of nitrogens with zero attached hydrogens (tertiary/aromatic N) is 4. The number of para-hydroxylation sites is 1. The molecule has 0 bridgehead atoms. The van der Waals surface area contributed by atoms with Gasteiger partial charge in [-0.25, -0.2) is 4.98 Å². The van der Waals surface area contributed by atoms with Gasteiger partial charge in [0.15, 0.2) is 0 Å². The van der Waals surface area contributed by atoms with E-state index in [9.17, 15) is 19.7 Å². The van der Waals surface area contributed by atoms with Crippen molar-refractivity contribution in [1.82, 2.24) is 14.3 Å². The molecule has 8 nitrogen and oxygen atoms in total. The van der Waals surface area contributed by atoms with Crippen LogP contribution in [0, 0.1) is 10.1 Å². The van der Waals surface area contributed by atoms with Crippen molar-refractivity contribution in [2.45, 2.75) is 0 Å². The van der Waals surface area contributed by atoms with Crippen molar-refractivity contribution in [2.75, 3.05) is 14.1 Å². The summed E-state index contributed by atoms with van der Waals surface area (Å²) in [4.78, 5) is 44.2. The molecule has 0 aliphatic carbocycles. The second-order valence-corrected chi connectivity index (χ2v) is 9.63. The van der Waals surface area contributed by atoms with Gasteiger partial charge in [-0.2, -0.15) is 0 Å². The van der Waals surface area contributed by atoms with Gasteiger partial charge in [0.2, 0.25) is 5.78 Å². The van der Waals surface area contributed by atoms with Gasteiger partial charge in [-0.15, -0.1) is 22.7 Å². The van der Waals surface area contributed by atoms with Crippen molar-refractivity contribution in [3.63, 3.8) is 0 Å². The van der Waals surface area contributed by atoms with E-state index in [1.165, 1.54) is 51.3 Å². The van der Waals surface area contributed by atoms with Gasteiger partial charge in [-0.1, -0.05) is 12.1 Å². The Hall–Kier alpha value is -3.89. The lowest BCUT2D eigenvalue weighted by atomic mass is 10.1.